The lowest BCUT2D eigenvalue weighted by Crippen LogP contribution is -2.52. The number of aromatic nitrogens is 4. The van der Waals surface area contributed by atoms with E-state index in [9.17, 15) is 4.79 Å². The Morgan fingerprint density at radius 2 is 2.06 bits per heavy atom. The number of nitrogens with zero attached hydrogens (tertiary/aromatic N) is 5. The molecule has 3 aromatic rings. The van der Waals surface area contributed by atoms with Crippen molar-refractivity contribution < 1.29 is 4.79 Å². The van der Waals surface area contributed by atoms with E-state index in [4.69, 9.17) is 11.4 Å². The van der Waals surface area contributed by atoms with Crippen LogP contribution >= 0.6 is 0 Å². The van der Waals surface area contributed by atoms with Crippen molar-refractivity contribution in [1.82, 2.24) is 30.2 Å². The molecular weight excluding hydrogens is 428 g/mol. The van der Waals surface area contributed by atoms with E-state index in [1.54, 1.807) is 6.20 Å². The molecule has 1 saturated heterocycles. The Balaban J connectivity index is 1.28. The van der Waals surface area contributed by atoms with Crippen molar-refractivity contribution in [2.45, 2.75) is 43.7 Å². The van der Waals surface area contributed by atoms with Crippen molar-refractivity contribution in [3.8, 4) is 12.3 Å². The molecular formula is C25H28N8O. The first-order chi connectivity index (χ1) is 16.6. The summed E-state index contributed by atoms with van der Waals surface area (Å²) < 4.78 is 2.18. The number of nitrogens with one attached hydrogen (secondary N) is 3. The molecule has 0 radical (unpaired) electrons. The minimum atomic E-state index is -0.103. The average Bonchev–Trinajstić information content (AvgIpc) is 3.28. The monoisotopic (exact) mass is 456 g/mol. The molecule has 0 aromatic carbocycles. The number of carbonyl (C=O) groups is 1. The molecule has 174 valence electrons. The van der Waals surface area contributed by atoms with Gasteiger partial charge in [0.1, 0.15) is 17.2 Å². The van der Waals surface area contributed by atoms with E-state index >= 15 is 0 Å². The highest BCUT2D eigenvalue weighted by Gasteiger charge is 2.41. The Bertz CT molecular complexity index is 1270. The number of carbonyl (C=O) groups excluding carboxylic acids is 1. The highest BCUT2D eigenvalue weighted by atomic mass is 16.2. The molecule has 1 atom stereocenters. The maximum atomic E-state index is 12.6. The van der Waals surface area contributed by atoms with Gasteiger partial charge in [0, 0.05) is 37.8 Å². The van der Waals surface area contributed by atoms with Crippen molar-refractivity contribution in [3.05, 3.63) is 36.3 Å². The van der Waals surface area contributed by atoms with Crippen LogP contribution in [0.1, 0.15) is 42.6 Å². The van der Waals surface area contributed by atoms with E-state index in [2.05, 4.69) is 41.3 Å². The fourth-order valence-corrected chi connectivity index (χ4v) is 5.58. The van der Waals surface area contributed by atoms with Crippen LogP contribution in [0.2, 0.25) is 0 Å². The Kier molecular flexibility index (Phi) is 5.11. The first kappa shape index (κ1) is 20.9. The number of hydrogen-bond donors (Lipinski definition) is 3. The Morgan fingerprint density at radius 1 is 1.18 bits per heavy atom. The van der Waals surface area contributed by atoms with Crippen molar-refractivity contribution in [1.29, 1.82) is 0 Å². The first-order valence-electron chi connectivity index (χ1n) is 12.0. The number of amides is 1. The van der Waals surface area contributed by atoms with Gasteiger partial charge in [0.2, 0.25) is 5.95 Å². The Hall–Kier alpha value is -3.64. The zero-order chi connectivity index (χ0) is 23.1. The Labute approximate surface area is 198 Å². The van der Waals surface area contributed by atoms with Gasteiger partial charge in [-0.05, 0) is 31.0 Å². The molecule has 1 amide bonds. The lowest BCUT2D eigenvalue weighted by molar-refractivity contribution is 0.0833. The predicted octanol–water partition coefficient (Wildman–Crippen LogP) is 2.38. The molecule has 2 aliphatic heterocycles. The summed E-state index contributed by atoms with van der Waals surface area (Å²) in [6.45, 7) is 3.16. The molecule has 2 fully saturated rings. The van der Waals surface area contributed by atoms with Gasteiger partial charge in [-0.2, -0.15) is 4.98 Å². The van der Waals surface area contributed by atoms with Crippen LogP contribution in [-0.4, -0.2) is 57.6 Å². The summed E-state index contributed by atoms with van der Waals surface area (Å²) >= 11 is 0. The van der Waals surface area contributed by atoms with Gasteiger partial charge >= 0.3 is 0 Å². The minimum absolute atomic E-state index is 0.0408. The maximum Gasteiger partial charge on any atom is 0.268 e. The van der Waals surface area contributed by atoms with Crippen LogP contribution in [0.4, 0.5) is 17.5 Å². The molecule has 9 nitrogen and oxygen atoms in total. The third kappa shape index (κ3) is 3.55. The van der Waals surface area contributed by atoms with Crippen molar-refractivity contribution in [2.75, 3.05) is 36.4 Å². The van der Waals surface area contributed by atoms with Gasteiger partial charge < -0.3 is 25.4 Å². The van der Waals surface area contributed by atoms with E-state index in [0.29, 0.717) is 24.0 Å². The molecule has 5 heterocycles. The molecule has 3 N–H and O–H groups in total. The predicted molar refractivity (Wildman–Crippen MR) is 131 cm³/mol. The molecule has 1 aliphatic carbocycles. The fraction of sp³-hybridized carbons (Fsp3) is 0.440. The van der Waals surface area contributed by atoms with Crippen LogP contribution in [0.5, 0.6) is 0 Å². The second-order valence-electron chi connectivity index (χ2n) is 9.45. The van der Waals surface area contributed by atoms with E-state index < -0.39 is 0 Å². The summed E-state index contributed by atoms with van der Waals surface area (Å²) in [4.78, 5) is 28.8. The third-order valence-electron chi connectivity index (χ3n) is 7.34. The molecule has 0 unspecified atom stereocenters. The van der Waals surface area contributed by atoms with Gasteiger partial charge in [-0.15, -0.1) is 6.42 Å². The molecule has 1 saturated carbocycles. The van der Waals surface area contributed by atoms with Gasteiger partial charge in [-0.25, -0.2) is 9.97 Å². The van der Waals surface area contributed by atoms with E-state index in [1.165, 1.54) is 6.42 Å². The van der Waals surface area contributed by atoms with Crippen LogP contribution in [0.15, 0.2) is 30.6 Å². The van der Waals surface area contributed by atoms with Crippen molar-refractivity contribution >= 4 is 34.4 Å². The van der Waals surface area contributed by atoms with E-state index in [0.717, 1.165) is 62.0 Å². The fourth-order valence-electron chi connectivity index (χ4n) is 5.58. The quantitative estimate of drug-likeness (QED) is 0.521. The van der Waals surface area contributed by atoms with Gasteiger partial charge in [0.05, 0.1) is 23.5 Å². The summed E-state index contributed by atoms with van der Waals surface area (Å²) in [5, 5.41) is 10.5. The zero-order valence-corrected chi connectivity index (χ0v) is 19.0. The van der Waals surface area contributed by atoms with Crippen molar-refractivity contribution in [3.63, 3.8) is 0 Å². The van der Waals surface area contributed by atoms with Gasteiger partial charge in [-0.3, -0.25) is 4.79 Å². The van der Waals surface area contributed by atoms with Crippen LogP contribution in [-0.2, 0) is 5.54 Å². The molecule has 34 heavy (non-hydrogen) atoms. The van der Waals surface area contributed by atoms with E-state index in [1.807, 2.05) is 24.4 Å². The molecule has 1 spiro atoms. The lowest BCUT2D eigenvalue weighted by Gasteiger charge is -2.42. The minimum Gasteiger partial charge on any atom is -0.366 e. The average molecular weight is 457 g/mol. The topological polar surface area (TPSA) is 100 Å². The number of terminal acetylenes is 1. The second kappa shape index (κ2) is 8.29. The summed E-state index contributed by atoms with van der Waals surface area (Å²) in [6.07, 6.45) is 14.9. The highest BCUT2D eigenvalue weighted by molar-refractivity contribution is 5.99. The number of rotatable bonds is 3. The third-order valence-corrected chi connectivity index (χ3v) is 7.34. The number of fused-ring (bicyclic) bond motifs is 4. The van der Waals surface area contributed by atoms with Crippen molar-refractivity contribution in [2.24, 2.45) is 0 Å². The zero-order valence-electron chi connectivity index (χ0n) is 19.0. The smallest absolute Gasteiger partial charge is 0.268 e. The summed E-state index contributed by atoms with van der Waals surface area (Å²) in [6, 6.07) is 5.93. The van der Waals surface area contributed by atoms with Gasteiger partial charge in [0.15, 0.2) is 0 Å². The summed E-state index contributed by atoms with van der Waals surface area (Å²) in [7, 11) is 0. The van der Waals surface area contributed by atoms with Crippen LogP contribution in [0.3, 0.4) is 0 Å². The molecule has 3 aliphatic rings. The van der Waals surface area contributed by atoms with Gasteiger partial charge in [-0.1, -0.05) is 25.2 Å². The number of hydrogen-bond acceptors (Lipinski definition) is 7. The summed E-state index contributed by atoms with van der Waals surface area (Å²) in [5.74, 6) is 3.88. The van der Waals surface area contributed by atoms with Crippen LogP contribution < -0.4 is 20.9 Å². The van der Waals surface area contributed by atoms with E-state index in [-0.39, 0.29) is 17.5 Å². The number of anilines is 3. The second-order valence-corrected chi connectivity index (χ2v) is 9.45. The van der Waals surface area contributed by atoms with Gasteiger partial charge in [0.25, 0.3) is 5.91 Å². The molecule has 0 bridgehead atoms. The standard InChI is InChI=1S/C25H28N8O/c1-2-18-15-32(11-10-26-18)19-6-7-21(27-14-19)30-24-28-13-17-12-20-23(34)29-16-25(8-4-3-5-9-25)33(20)22(17)31-24/h1,6-7,12-14,18,26H,3-5,8-11,15-16H2,(H,29,34)(H,27,28,30,31)/t18-/m0/s1. The molecule has 3 aromatic heterocycles. The maximum absolute atomic E-state index is 12.6. The normalized spacial score (nSPS) is 21.7. The largest absolute Gasteiger partial charge is 0.366 e. The SMILES string of the molecule is C#C[C@H]1CN(c2ccc(Nc3ncc4cc5n(c4n3)C3(CCCCC3)CNC5=O)nc2)CCN1. The number of pyridine rings is 1. The highest BCUT2D eigenvalue weighted by Crippen LogP contribution is 2.40. The molecule has 9 heteroatoms. The lowest BCUT2D eigenvalue weighted by atomic mass is 9.80. The number of piperazine rings is 1. The van der Waals surface area contributed by atoms with Crippen LogP contribution in [0.25, 0.3) is 11.0 Å². The summed E-state index contributed by atoms with van der Waals surface area (Å²) in [5.41, 5.74) is 2.42. The Morgan fingerprint density at radius 3 is 2.85 bits per heavy atom. The van der Waals surface area contributed by atoms with Crippen LogP contribution in [0, 0.1) is 12.3 Å². The molecule has 6 rings (SSSR count). The first-order valence-corrected chi connectivity index (χ1v) is 12.0.